The average molecular weight is 469 g/mol. The van der Waals surface area contributed by atoms with Gasteiger partial charge in [0.1, 0.15) is 12.1 Å². The Labute approximate surface area is 193 Å². The number of hydrogen-bond acceptors (Lipinski definition) is 7. The number of aliphatic hydroxyl groups excluding tert-OH is 1. The highest BCUT2D eigenvalue weighted by Crippen LogP contribution is 2.08. The molecule has 0 aliphatic rings. The van der Waals surface area contributed by atoms with Crippen LogP contribution in [0, 0.1) is 11.8 Å². The van der Waals surface area contributed by atoms with Crippen LogP contribution in [0.25, 0.3) is 0 Å². The Kier molecular flexibility index (Phi) is 11.0. The van der Waals surface area contributed by atoms with Crippen molar-refractivity contribution in [2.24, 2.45) is 17.6 Å². The number of aliphatic hydroxyl groups is 1. The molecule has 12 nitrogen and oxygen atoms in total. The van der Waals surface area contributed by atoms with Crippen molar-refractivity contribution >= 4 is 23.7 Å². The number of nitrogens with one attached hydrogen (secondary N) is 4. The van der Waals surface area contributed by atoms with Gasteiger partial charge in [0, 0.05) is 18.3 Å². The van der Waals surface area contributed by atoms with Crippen LogP contribution >= 0.6 is 0 Å². The minimum absolute atomic E-state index is 0.0732. The first-order chi connectivity index (χ1) is 15.3. The predicted octanol–water partition coefficient (Wildman–Crippen LogP) is -1.10. The van der Waals surface area contributed by atoms with E-state index in [0.29, 0.717) is 12.1 Å². The second-order valence-electron chi connectivity index (χ2n) is 8.87. The molecule has 5 atom stereocenters. The Balaban J connectivity index is 3.02. The zero-order valence-corrected chi connectivity index (χ0v) is 19.7. The maximum atomic E-state index is 13.1. The van der Waals surface area contributed by atoms with E-state index in [2.05, 4.69) is 25.9 Å². The number of carbonyl (C=O) groups is 4. The summed E-state index contributed by atoms with van der Waals surface area (Å²) in [7, 11) is 0. The molecule has 0 aromatic carbocycles. The molecule has 33 heavy (non-hydrogen) atoms. The Bertz CT molecular complexity index is 795. The summed E-state index contributed by atoms with van der Waals surface area (Å²) in [6.45, 7) is 8.42. The van der Waals surface area contributed by atoms with Crippen LogP contribution in [-0.2, 0) is 25.6 Å². The monoisotopic (exact) mass is 468 g/mol. The number of imidazole rings is 1. The third-order valence-electron chi connectivity index (χ3n) is 4.97. The van der Waals surface area contributed by atoms with Crippen molar-refractivity contribution in [2.75, 3.05) is 0 Å². The molecule has 0 fully saturated rings. The van der Waals surface area contributed by atoms with E-state index in [-0.39, 0.29) is 12.3 Å². The van der Waals surface area contributed by atoms with E-state index in [4.69, 9.17) is 5.73 Å². The number of aromatic nitrogens is 2. The van der Waals surface area contributed by atoms with Gasteiger partial charge in [-0.1, -0.05) is 27.7 Å². The molecule has 0 spiro atoms. The van der Waals surface area contributed by atoms with Crippen LogP contribution < -0.4 is 21.7 Å². The molecule has 0 bridgehead atoms. The molecule has 0 saturated heterocycles. The Morgan fingerprint density at radius 2 is 1.61 bits per heavy atom. The summed E-state index contributed by atoms with van der Waals surface area (Å²) >= 11 is 0. The normalized spacial score (nSPS) is 15.9. The molecule has 0 aliphatic heterocycles. The van der Waals surface area contributed by atoms with E-state index in [1.165, 1.54) is 19.4 Å². The fourth-order valence-corrected chi connectivity index (χ4v) is 3.14. The first kappa shape index (κ1) is 28.0. The van der Waals surface area contributed by atoms with Crippen molar-refractivity contribution in [1.29, 1.82) is 0 Å². The number of carboxylic acids is 1. The number of nitrogens with zero attached hydrogens (tertiary/aromatic N) is 1. The van der Waals surface area contributed by atoms with Crippen LogP contribution in [0.2, 0.25) is 0 Å². The van der Waals surface area contributed by atoms with Gasteiger partial charge in [0.25, 0.3) is 0 Å². The number of carboxylic acid groups (broad SMARTS) is 1. The number of amides is 3. The second-order valence-corrected chi connectivity index (χ2v) is 8.87. The minimum Gasteiger partial charge on any atom is -0.480 e. The van der Waals surface area contributed by atoms with Gasteiger partial charge in [0.05, 0.1) is 18.5 Å². The number of carbonyl (C=O) groups excluding carboxylic acids is 3. The molecular formula is C21H36N6O6. The van der Waals surface area contributed by atoms with E-state index in [0.717, 1.165) is 0 Å². The Hall–Kier alpha value is -2.99. The summed E-state index contributed by atoms with van der Waals surface area (Å²) in [5, 5.41) is 26.3. The summed E-state index contributed by atoms with van der Waals surface area (Å²) in [5.74, 6) is -3.56. The number of aromatic amines is 1. The lowest BCUT2D eigenvalue weighted by atomic mass is 10.0. The van der Waals surface area contributed by atoms with E-state index in [1.807, 2.05) is 13.8 Å². The Morgan fingerprint density at radius 1 is 1.00 bits per heavy atom. The van der Waals surface area contributed by atoms with Crippen molar-refractivity contribution < 1.29 is 29.4 Å². The van der Waals surface area contributed by atoms with E-state index in [1.54, 1.807) is 13.8 Å². The average Bonchev–Trinajstić information content (AvgIpc) is 3.21. The van der Waals surface area contributed by atoms with Crippen molar-refractivity contribution in [1.82, 2.24) is 25.9 Å². The fraction of sp³-hybridized carbons (Fsp3) is 0.667. The molecular weight excluding hydrogens is 432 g/mol. The lowest BCUT2D eigenvalue weighted by Gasteiger charge is -2.27. The molecule has 0 radical (unpaired) electrons. The van der Waals surface area contributed by atoms with Crippen LogP contribution in [-0.4, -0.2) is 74.1 Å². The first-order valence-corrected chi connectivity index (χ1v) is 10.9. The van der Waals surface area contributed by atoms with Gasteiger partial charge in [-0.15, -0.1) is 0 Å². The van der Waals surface area contributed by atoms with Gasteiger partial charge >= 0.3 is 5.97 Å². The number of hydrogen-bond donors (Lipinski definition) is 7. The molecule has 0 aliphatic carbocycles. The lowest BCUT2D eigenvalue weighted by Crippen LogP contribution is -2.60. The van der Waals surface area contributed by atoms with Gasteiger partial charge in [0.15, 0.2) is 6.04 Å². The zero-order chi connectivity index (χ0) is 25.3. The highest BCUT2D eigenvalue weighted by atomic mass is 16.4. The molecule has 1 aromatic rings. The molecule has 1 heterocycles. The van der Waals surface area contributed by atoms with Gasteiger partial charge in [-0.3, -0.25) is 14.4 Å². The number of H-pyrrole nitrogens is 1. The lowest BCUT2D eigenvalue weighted by molar-refractivity contribution is -0.145. The maximum absolute atomic E-state index is 13.1. The summed E-state index contributed by atoms with van der Waals surface area (Å²) in [5.41, 5.74) is 6.52. The summed E-state index contributed by atoms with van der Waals surface area (Å²) in [4.78, 5) is 56.4. The molecule has 8 N–H and O–H groups in total. The van der Waals surface area contributed by atoms with Gasteiger partial charge in [0.2, 0.25) is 17.7 Å². The van der Waals surface area contributed by atoms with Crippen LogP contribution in [0.5, 0.6) is 0 Å². The van der Waals surface area contributed by atoms with Gasteiger partial charge in [-0.2, -0.15) is 0 Å². The first-order valence-electron chi connectivity index (χ1n) is 10.9. The summed E-state index contributed by atoms with van der Waals surface area (Å²) < 4.78 is 0. The standard InChI is InChI=1S/C21H36N6O6/c1-10(2)6-14(22)18(29)25-15(7-13-8-23-9-24-13)19(30)26-16(11(3)4)20(31)27-17(12(5)28)21(32)33/h8-12,14-17,28H,6-7,22H2,1-5H3,(H,23,24)(H,25,29)(H,26,30)(H,27,31)(H,32,33). The SMILES string of the molecule is CC(C)CC(N)C(=O)NC(Cc1cnc[nH]1)C(=O)NC(C(=O)NC(C(=O)O)C(C)O)C(C)C. The number of nitrogens with two attached hydrogens (primary N) is 1. The smallest absolute Gasteiger partial charge is 0.328 e. The van der Waals surface area contributed by atoms with E-state index >= 15 is 0 Å². The molecule has 186 valence electrons. The topological polar surface area (TPSA) is 200 Å². The third-order valence-corrected chi connectivity index (χ3v) is 4.97. The van der Waals surface area contributed by atoms with E-state index in [9.17, 15) is 29.4 Å². The van der Waals surface area contributed by atoms with Crippen LogP contribution in [0.3, 0.4) is 0 Å². The van der Waals surface area contributed by atoms with Crippen molar-refractivity contribution in [2.45, 2.75) is 77.7 Å². The van der Waals surface area contributed by atoms with Crippen molar-refractivity contribution in [3.63, 3.8) is 0 Å². The zero-order valence-electron chi connectivity index (χ0n) is 19.7. The predicted molar refractivity (Wildman–Crippen MR) is 120 cm³/mol. The summed E-state index contributed by atoms with van der Waals surface area (Å²) in [6, 6.07) is -4.51. The van der Waals surface area contributed by atoms with Gasteiger partial charge in [-0.05, 0) is 25.2 Å². The highest BCUT2D eigenvalue weighted by Gasteiger charge is 2.33. The Morgan fingerprint density at radius 3 is 2.06 bits per heavy atom. The van der Waals surface area contributed by atoms with Gasteiger partial charge in [-0.25, -0.2) is 9.78 Å². The maximum Gasteiger partial charge on any atom is 0.328 e. The highest BCUT2D eigenvalue weighted by molar-refractivity contribution is 5.94. The molecule has 5 unspecified atom stereocenters. The van der Waals surface area contributed by atoms with Crippen LogP contribution in [0.1, 0.15) is 46.7 Å². The molecule has 1 aromatic heterocycles. The van der Waals surface area contributed by atoms with Crippen molar-refractivity contribution in [3.8, 4) is 0 Å². The van der Waals surface area contributed by atoms with Crippen LogP contribution in [0.4, 0.5) is 0 Å². The number of rotatable bonds is 13. The van der Waals surface area contributed by atoms with Gasteiger partial charge < -0.3 is 36.9 Å². The summed E-state index contributed by atoms with van der Waals surface area (Å²) in [6.07, 6.45) is 2.10. The largest absolute Gasteiger partial charge is 0.480 e. The van der Waals surface area contributed by atoms with E-state index < -0.39 is 59.9 Å². The van der Waals surface area contributed by atoms with Crippen molar-refractivity contribution in [3.05, 3.63) is 18.2 Å². The quantitative estimate of drug-likeness (QED) is 0.189. The molecule has 3 amide bonds. The molecule has 1 rings (SSSR count). The fourth-order valence-electron chi connectivity index (χ4n) is 3.14. The minimum atomic E-state index is -1.54. The number of aliphatic carboxylic acids is 1. The third kappa shape index (κ3) is 9.18. The second kappa shape index (κ2) is 12.9. The molecule has 0 saturated carbocycles. The van der Waals surface area contributed by atoms with Crippen LogP contribution in [0.15, 0.2) is 12.5 Å². The molecule has 12 heteroatoms.